The lowest BCUT2D eigenvalue weighted by atomic mass is 10.1. The summed E-state index contributed by atoms with van der Waals surface area (Å²) >= 11 is 1.61. The standard InChI is InChI=1S/C22H25N5O2S/c1-14-23-11-21(30-14)15-2-3-18(20(28)10-15)19-4-5-22(26-25-19)27-8-6-16(12-27)24-17-7-9-29-13-17/h2-5,10-11,16-17,24,28H,6-9,12-13H2,1H3/t16-,17+/m0/s1. The predicted molar refractivity (Wildman–Crippen MR) is 118 cm³/mol. The van der Waals surface area contributed by atoms with Crippen LogP contribution < -0.4 is 10.2 Å². The summed E-state index contributed by atoms with van der Waals surface area (Å²) < 4.78 is 5.46. The van der Waals surface area contributed by atoms with Gasteiger partial charge in [-0.15, -0.1) is 21.5 Å². The first-order valence-electron chi connectivity index (χ1n) is 10.3. The second-order valence-corrected chi connectivity index (χ2v) is 9.15. The number of nitrogens with one attached hydrogen (secondary N) is 1. The fourth-order valence-electron chi connectivity index (χ4n) is 4.14. The lowest BCUT2D eigenvalue weighted by Gasteiger charge is -2.19. The normalized spacial score (nSPS) is 21.4. The summed E-state index contributed by atoms with van der Waals surface area (Å²) in [5.74, 6) is 1.08. The Kier molecular flexibility index (Phi) is 5.37. The Bertz CT molecular complexity index is 1020. The Balaban J connectivity index is 1.27. The molecule has 2 atom stereocenters. The largest absolute Gasteiger partial charge is 0.507 e. The van der Waals surface area contributed by atoms with Crippen LogP contribution in [0.3, 0.4) is 0 Å². The molecule has 156 valence electrons. The minimum Gasteiger partial charge on any atom is -0.507 e. The maximum Gasteiger partial charge on any atom is 0.151 e. The minimum atomic E-state index is 0.199. The Morgan fingerprint density at radius 3 is 2.80 bits per heavy atom. The van der Waals surface area contributed by atoms with Crippen LogP contribution in [0, 0.1) is 6.92 Å². The number of phenols is 1. The summed E-state index contributed by atoms with van der Waals surface area (Å²) in [4.78, 5) is 7.59. The van der Waals surface area contributed by atoms with Crippen molar-refractivity contribution in [3.8, 4) is 27.4 Å². The van der Waals surface area contributed by atoms with Crippen molar-refractivity contribution in [1.82, 2.24) is 20.5 Å². The highest BCUT2D eigenvalue weighted by Crippen LogP contribution is 2.34. The third-order valence-corrected chi connectivity index (χ3v) is 6.71. The van der Waals surface area contributed by atoms with Crippen molar-refractivity contribution in [3.05, 3.63) is 41.5 Å². The molecule has 0 spiro atoms. The molecule has 0 aliphatic carbocycles. The molecule has 0 unspecified atom stereocenters. The van der Waals surface area contributed by atoms with Gasteiger partial charge < -0.3 is 20.1 Å². The molecule has 3 aromatic rings. The average molecular weight is 424 g/mol. The molecule has 0 bridgehead atoms. The van der Waals surface area contributed by atoms with Gasteiger partial charge >= 0.3 is 0 Å². The van der Waals surface area contributed by atoms with Crippen molar-refractivity contribution in [2.75, 3.05) is 31.2 Å². The number of benzene rings is 1. The van der Waals surface area contributed by atoms with Crippen LogP contribution in [0.15, 0.2) is 36.5 Å². The molecule has 8 heteroatoms. The van der Waals surface area contributed by atoms with Crippen LogP contribution in [0.1, 0.15) is 17.8 Å². The van der Waals surface area contributed by atoms with E-state index in [0.717, 1.165) is 60.4 Å². The lowest BCUT2D eigenvalue weighted by molar-refractivity contribution is 0.188. The molecule has 2 aromatic heterocycles. The SMILES string of the molecule is Cc1ncc(-c2ccc(-c3ccc(N4CC[C@H](N[C@@H]5CCOC5)C4)nn3)c(O)c2)s1. The van der Waals surface area contributed by atoms with E-state index < -0.39 is 0 Å². The molecule has 5 rings (SSSR count). The van der Waals surface area contributed by atoms with E-state index in [2.05, 4.69) is 25.4 Å². The van der Waals surface area contributed by atoms with Gasteiger partial charge in [0.2, 0.25) is 0 Å². The second kappa shape index (κ2) is 8.29. The number of hydrogen-bond donors (Lipinski definition) is 2. The van der Waals surface area contributed by atoms with Crippen molar-refractivity contribution in [3.63, 3.8) is 0 Å². The molecular weight excluding hydrogens is 398 g/mol. The van der Waals surface area contributed by atoms with E-state index >= 15 is 0 Å². The van der Waals surface area contributed by atoms with E-state index in [9.17, 15) is 5.11 Å². The van der Waals surface area contributed by atoms with E-state index in [1.165, 1.54) is 0 Å². The highest BCUT2D eigenvalue weighted by molar-refractivity contribution is 7.15. The van der Waals surface area contributed by atoms with E-state index in [1.54, 1.807) is 17.4 Å². The number of thiazole rings is 1. The first-order chi connectivity index (χ1) is 14.7. The lowest BCUT2D eigenvalue weighted by Crippen LogP contribution is -2.40. The van der Waals surface area contributed by atoms with Gasteiger partial charge in [0, 0.05) is 43.5 Å². The van der Waals surface area contributed by atoms with Crippen molar-refractivity contribution in [2.45, 2.75) is 31.8 Å². The summed E-state index contributed by atoms with van der Waals surface area (Å²) in [7, 11) is 0. The third kappa shape index (κ3) is 4.03. The van der Waals surface area contributed by atoms with Crippen LogP contribution in [0.4, 0.5) is 5.82 Å². The third-order valence-electron chi connectivity index (χ3n) is 5.74. The van der Waals surface area contributed by atoms with E-state index in [1.807, 2.05) is 37.4 Å². The van der Waals surface area contributed by atoms with Crippen molar-refractivity contribution in [1.29, 1.82) is 0 Å². The van der Waals surface area contributed by atoms with Gasteiger partial charge in [0.1, 0.15) is 5.75 Å². The van der Waals surface area contributed by atoms with Gasteiger partial charge in [-0.05, 0) is 49.6 Å². The Morgan fingerprint density at radius 2 is 2.10 bits per heavy atom. The van der Waals surface area contributed by atoms with Crippen LogP contribution in [-0.2, 0) is 4.74 Å². The predicted octanol–water partition coefficient (Wildman–Crippen LogP) is 3.24. The smallest absolute Gasteiger partial charge is 0.151 e. The number of ether oxygens (including phenoxy) is 1. The summed E-state index contributed by atoms with van der Waals surface area (Å²) in [6.07, 6.45) is 4.02. The first-order valence-corrected chi connectivity index (χ1v) is 11.2. The zero-order valence-corrected chi connectivity index (χ0v) is 17.7. The van der Waals surface area contributed by atoms with Crippen molar-refractivity contribution >= 4 is 17.2 Å². The second-order valence-electron chi connectivity index (χ2n) is 7.91. The monoisotopic (exact) mass is 423 g/mol. The molecule has 1 aromatic carbocycles. The zero-order valence-electron chi connectivity index (χ0n) is 16.9. The zero-order chi connectivity index (χ0) is 20.5. The average Bonchev–Trinajstić information content (AvgIpc) is 3.51. The van der Waals surface area contributed by atoms with Gasteiger partial charge in [-0.25, -0.2) is 4.98 Å². The number of aromatic nitrogens is 3. The van der Waals surface area contributed by atoms with Crippen molar-refractivity contribution < 1.29 is 9.84 Å². The van der Waals surface area contributed by atoms with Gasteiger partial charge in [0.25, 0.3) is 0 Å². The number of rotatable bonds is 5. The molecule has 0 radical (unpaired) electrons. The summed E-state index contributed by atoms with van der Waals surface area (Å²) in [5.41, 5.74) is 2.30. The number of phenolic OH excluding ortho intramolecular Hbond substituents is 1. The summed E-state index contributed by atoms with van der Waals surface area (Å²) in [6.45, 7) is 5.54. The highest BCUT2D eigenvalue weighted by Gasteiger charge is 2.27. The molecule has 2 aliphatic heterocycles. The number of aryl methyl sites for hydroxylation is 1. The van der Waals surface area contributed by atoms with Crippen molar-refractivity contribution in [2.24, 2.45) is 0 Å². The van der Waals surface area contributed by atoms with E-state index in [4.69, 9.17) is 4.74 Å². The fourth-order valence-corrected chi connectivity index (χ4v) is 4.91. The molecule has 2 N–H and O–H groups in total. The van der Waals surface area contributed by atoms with Crippen LogP contribution in [-0.4, -0.2) is 58.7 Å². The molecule has 7 nitrogen and oxygen atoms in total. The first kappa shape index (κ1) is 19.4. The number of nitrogens with zero attached hydrogens (tertiary/aromatic N) is 4. The Hall–Kier alpha value is -2.55. The fraction of sp³-hybridized carbons (Fsp3) is 0.409. The Labute approximate surface area is 179 Å². The van der Waals surface area contributed by atoms with Crippen LogP contribution >= 0.6 is 11.3 Å². The number of aromatic hydroxyl groups is 1. The molecule has 4 heterocycles. The maximum absolute atomic E-state index is 10.6. The topological polar surface area (TPSA) is 83.4 Å². The molecular formula is C22H25N5O2S. The van der Waals surface area contributed by atoms with Crippen LogP contribution in [0.5, 0.6) is 5.75 Å². The van der Waals surface area contributed by atoms with E-state index in [0.29, 0.717) is 23.3 Å². The Morgan fingerprint density at radius 1 is 1.17 bits per heavy atom. The summed E-state index contributed by atoms with van der Waals surface area (Å²) in [6, 6.07) is 10.5. The number of hydrogen-bond acceptors (Lipinski definition) is 8. The van der Waals surface area contributed by atoms with Gasteiger partial charge in [0.05, 0.1) is 22.2 Å². The maximum atomic E-state index is 10.6. The van der Waals surface area contributed by atoms with Gasteiger partial charge in [-0.1, -0.05) is 6.07 Å². The minimum absolute atomic E-state index is 0.199. The van der Waals surface area contributed by atoms with Crippen LogP contribution in [0.2, 0.25) is 0 Å². The van der Waals surface area contributed by atoms with Gasteiger partial charge in [-0.3, -0.25) is 0 Å². The van der Waals surface area contributed by atoms with Gasteiger partial charge in [0.15, 0.2) is 5.82 Å². The molecule has 2 aliphatic rings. The van der Waals surface area contributed by atoms with Gasteiger partial charge in [-0.2, -0.15) is 0 Å². The molecule has 2 fully saturated rings. The molecule has 2 saturated heterocycles. The number of anilines is 1. The molecule has 0 saturated carbocycles. The van der Waals surface area contributed by atoms with E-state index in [-0.39, 0.29) is 5.75 Å². The summed E-state index contributed by atoms with van der Waals surface area (Å²) in [5, 5.41) is 24.1. The molecule has 30 heavy (non-hydrogen) atoms. The molecule has 0 amide bonds. The quantitative estimate of drug-likeness (QED) is 0.652. The highest BCUT2D eigenvalue weighted by atomic mass is 32.1. The van der Waals surface area contributed by atoms with Crippen LogP contribution in [0.25, 0.3) is 21.7 Å².